The number of likely N-dealkylation sites (tertiary alicyclic amines) is 1. The van der Waals surface area contributed by atoms with E-state index in [0.29, 0.717) is 18.8 Å². The van der Waals surface area contributed by atoms with Crippen LogP contribution in [0.4, 0.5) is 19.3 Å². The smallest absolute Gasteiger partial charge is 0.410 e. The Morgan fingerprint density at radius 1 is 1.25 bits per heavy atom. The van der Waals surface area contributed by atoms with E-state index in [-0.39, 0.29) is 27.6 Å². The summed E-state index contributed by atoms with van der Waals surface area (Å²) < 4.78 is 33.7. The topological polar surface area (TPSA) is 87.6 Å². The molecular formula is C25H28F2N4O3S2. The van der Waals surface area contributed by atoms with Crippen LogP contribution in [0.25, 0.3) is 10.6 Å². The van der Waals surface area contributed by atoms with E-state index >= 15 is 0 Å². The number of aliphatic hydroxyl groups excluding tert-OH is 1. The number of nitrogens with zero attached hydrogens (tertiary/aromatic N) is 3. The number of halogens is 2. The lowest BCUT2D eigenvalue weighted by Gasteiger charge is -2.33. The number of thioether (sulfide) groups is 1. The summed E-state index contributed by atoms with van der Waals surface area (Å²) in [6.07, 6.45) is 3.42. The number of hydrogen-bond acceptors (Lipinski definition) is 8. The Morgan fingerprint density at radius 2 is 1.94 bits per heavy atom. The molecule has 1 aliphatic heterocycles. The minimum atomic E-state index is -1.19. The lowest BCUT2D eigenvalue weighted by Crippen LogP contribution is -2.42. The number of carbonyl (C=O) groups excluding carboxylic acids is 1. The summed E-state index contributed by atoms with van der Waals surface area (Å²) in [6, 6.07) is 5.50. The van der Waals surface area contributed by atoms with E-state index in [0.717, 1.165) is 29.1 Å². The van der Waals surface area contributed by atoms with Crippen molar-refractivity contribution in [1.29, 1.82) is 0 Å². The van der Waals surface area contributed by atoms with Crippen molar-refractivity contribution in [2.45, 2.75) is 55.6 Å². The molecule has 0 aliphatic carbocycles. The van der Waals surface area contributed by atoms with E-state index < -0.39 is 23.5 Å². The number of ether oxygens (including phenoxy) is 1. The van der Waals surface area contributed by atoms with Crippen LogP contribution >= 0.6 is 23.1 Å². The molecule has 0 saturated carbocycles. The molecule has 1 aromatic carbocycles. The molecule has 1 unspecified atom stereocenters. The summed E-state index contributed by atoms with van der Waals surface area (Å²) >= 11 is 2.71. The summed E-state index contributed by atoms with van der Waals surface area (Å²) in [5.41, 5.74) is 0.137. The molecule has 1 fully saturated rings. The highest BCUT2D eigenvalue weighted by Crippen LogP contribution is 2.36. The number of anilines is 1. The highest BCUT2D eigenvalue weighted by atomic mass is 32.2. The Labute approximate surface area is 216 Å². The first kappa shape index (κ1) is 26.3. The molecule has 0 radical (unpaired) electrons. The fourth-order valence-corrected chi connectivity index (χ4v) is 5.77. The van der Waals surface area contributed by atoms with E-state index in [4.69, 9.17) is 4.74 Å². The average molecular weight is 535 g/mol. The van der Waals surface area contributed by atoms with Gasteiger partial charge in [-0.15, -0.1) is 23.1 Å². The third-order valence-corrected chi connectivity index (χ3v) is 7.73. The zero-order chi connectivity index (χ0) is 25.9. The van der Waals surface area contributed by atoms with Crippen molar-refractivity contribution < 1.29 is 23.4 Å². The molecule has 192 valence electrons. The van der Waals surface area contributed by atoms with E-state index in [2.05, 4.69) is 15.3 Å². The number of nitrogens with one attached hydrogen (secondary N) is 1. The van der Waals surface area contributed by atoms with Crippen LogP contribution in [0.2, 0.25) is 0 Å². The molecule has 1 amide bonds. The van der Waals surface area contributed by atoms with Gasteiger partial charge in [0.1, 0.15) is 27.9 Å². The van der Waals surface area contributed by atoms with Crippen LogP contribution < -0.4 is 5.32 Å². The van der Waals surface area contributed by atoms with Crippen LogP contribution in [0, 0.1) is 11.6 Å². The first-order chi connectivity index (χ1) is 17.1. The third kappa shape index (κ3) is 6.51. The molecule has 7 nitrogen and oxygen atoms in total. The Hall–Kier alpha value is -2.76. The predicted octanol–water partition coefficient (Wildman–Crippen LogP) is 6.08. The highest BCUT2D eigenvalue weighted by molar-refractivity contribution is 8.00. The average Bonchev–Trinajstić information content (AvgIpc) is 3.29. The van der Waals surface area contributed by atoms with Crippen molar-refractivity contribution in [3.8, 4) is 10.6 Å². The quantitative estimate of drug-likeness (QED) is 0.371. The van der Waals surface area contributed by atoms with Gasteiger partial charge in [0.25, 0.3) is 0 Å². The predicted molar refractivity (Wildman–Crippen MR) is 137 cm³/mol. The summed E-state index contributed by atoms with van der Waals surface area (Å²) in [5.74, 6) is -1.41. The Bertz CT molecular complexity index is 1190. The number of hydrogen-bond donors (Lipinski definition) is 2. The monoisotopic (exact) mass is 534 g/mol. The number of aromatic nitrogens is 2. The van der Waals surface area contributed by atoms with Gasteiger partial charge in [0.2, 0.25) is 0 Å². The number of piperidine rings is 1. The van der Waals surface area contributed by atoms with Gasteiger partial charge >= 0.3 is 6.09 Å². The van der Waals surface area contributed by atoms with Gasteiger partial charge in [-0.2, -0.15) is 0 Å². The molecular weight excluding hydrogens is 506 g/mol. The minimum Gasteiger partial charge on any atom is -0.444 e. The van der Waals surface area contributed by atoms with Crippen molar-refractivity contribution in [1.82, 2.24) is 14.9 Å². The van der Waals surface area contributed by atoms with Crippen LogP contribution in [0.1, 0.15) is 45.5 Å². The van der Waals surface area contributed by atoms with Crippen LogP contribution in [0.3, 0.4) is 0 Å². The van der Waals surface area contributed by atoms with E-state index in [1.54, 1.807) is 34.4 Å². The van der Waals surface area contributed by atoms with Gasteiger partial charge in [0.05, 0.1) is 17.4 Å². The maximum atomic E-state index is 14.1. The van der Waals surface area contributed by atoms with Crippen molar-refractivity contribution in [3.05, 3.63) is 59.4 Å². The molecule has 1 saturated heterocycles. The second-order valence-electron chi connectivity index (χ2n) is 9.38. The first-order valence-corrected chi connectivity index (χ1v) is 13.3. The number of carbonyl (C=O) groups is 1. The second-order valence-corrected chi connectivity index (χ2v) is 11.6. The maximum Gasteiger partial charge on any atom is 0.410 e. The van der Waals surface area contributed by atoms with E-state index in [1.807, 2.05) is 26.8 Å². The van der Waals surface area contributed by atoms with Crippen molar-refractivity contribution in [2.24, 2.45) is 0 Å². The first-order valence-electron chi connectivity index (χ1n) is 11.5. The van der Waals surface area contributed by atoms with Crippen LogP contribution in [0.5, 0.6) is 0 Å². The molecule has 0 spiro atoms. The molecule has 3 heterocycles. The van der Waals surface area contributed by atoms with Gasteiger partial charge in [-0.05, 0) is 51.8 Å². The van der Waals surface area contributed by atoms with Crippen molar-refractivity contribution in [3.63, 3.8) is 0 Å². The summed E-state index contributed by atoms with van der Waals surface area (Å²) in [5, 5.41) is 15.7. The third-order valence-electron chi connectivity index (χ3n) is 5.44. The zero-order valence-corrected chi connectivity index (χ0v) is 21.8. The summed E-state index contributed by atoms with van der Waals surface area (Å²) in [4.78, 5) is 23.4. The van der Waals surface area contributed by atoms with Gasteiger partial charge < -0.3 is 20.1 Å². The Kier molecular flexibility index (Phi) is 8.11. The number of thiazole rings is 1. The van der Waals surface area contributed by atoms with Gasteiger partial charge in [-0.3, -0.25) is 4.98 Å². The molecule has 2 aromatic heterocycles. The van der Waals surface area contributed by atoms with Crippen LogP contribution in [-0.2, 0) is 4.74 Å². The molecule has 3 aromatic rings. The lowest BCUT2D eigenvalue weighted by atomic mass is 10.1. The lowest BCUT2D eigenvalue weighted by molar-refractivity contribution is 0.0219. The zero-order valence-electron chi connectivity index (χ0n) is 20.2. The number of rotatable bonds is 6. The molecule has 36 heavy (non-hydrogen) atoms. The molecule has 2 N–H and O–H groups in total. The standard InChI is InChI=1S/C25H28F2N4O3S2/c1-25(2,3)34-24(33)31-11-8-15(9-12-31)36-20-7-10-28-13-18(20)29-22(32)19-14-35-23(30-19)21-16(26)5-4-6-17(21)27/h4-7,10,13-15,22,29,32H,8-9,11-12H2,1-3H3. The summed E-state index contributed by atoms with van der Waals surface area (Å²) in [7, 11) is 0. The fraction of sp³-hybridized carbons (Fsp3) is 0.400. The largest absolute Gasteiger partial charge is 0.444 e. The maximum absolute atomic E-state index is 14.1. The number of aliphatic hydroxyl groups is 1. The summed E-state index contributed by atoms with van der Waals surface area (Å²) in [6.45, 7) is 6.77. The normalized spacial score (nSPS) is 15.6. The number of pyridine rings is 1. The van der Waals surface area contributed by atoms with Crippen LogP contribution in [0.15, 0.2) is 46.9 Å². The van der Waals surface area contributed by atoms with E-state index in [9.17, 15) is 18.7 Å². The Balaban J connectivity index is 1.39. The van der Waals surface area contributed by atoms with Gasteiger partial charge in [-0.25, -0.2) is 18.6 Å². The van der Waals surface area contributed by atoms with Gasteiger partial charge in [0.15, 0.2) is 6.23 Å². The second kappa shape index (κ2) is 11.1. The van der Waals surface area contributed by atoms with Gasteiger partial charge in [0, 0.05) is 34.8 Å². The molecule has 1 aliphatic rings. The molecule has 4 rings (SSSR count). The Morgan fingerprint density at radius 3 is 2.61 bits per heavy atom. The minimum absolute atomic E-state index is 0.152. The molecule has 0 bridgehead atoms. The number of amides is 1. The van der Waals surface area contributed by atoms with Crippen molar-refractivity contribution >= 4 is 34.9 Å². The number of benzene rings is 1. The SMILES string of the molecule is CC(C)(C)OC(=O)N1CCC(Sc2ccncc2NC(O)c2csc(-c3c(F)cccc3F)n2)CC1. The van der Waals surface area contributed by atoms with Crippen molar-refractivity contribution in [2.75, 3.05) is 18.4 Å². The molecule has 1 atom stereocenters. The highest BCUT2D eigenvalue weighted by Gasteiger charge is 2.28. The van der Waals surface area contributed by atoms with E-state index in [1.165, 1.54) is 18.2 Å². The molecule has 11 heteroatoms. The van der Waals surface area contributed by atoms with Crippen LogP contribution in [-0.4, -0.2) is 50.0 Å². The fourth-order valence-electron chi connectivity index (χ4n) is 3.71. The van der Waals surface area contributed by atoms with Gasteiger partial charge in [-0.1, -0.05) is 6.07 Å².